The van der Waals surface area contributed by atoms with E-state index in [2.05, 4.69) is 15.1 Å². The summed E-state index contributed by atoms with van der Waals surface area (Å²) in [6.07, 6.45) is 3.48. The van der Waals surface area contributed by atoms with E-state index in [4.69, 9.17) is 0 Å². The molecule has 0 fully saturated rings. The maximum absolute atomic E-state index is 12.2. The second kappa shape index (κ2) is 6.49. The van der Waals surface area contributed by atoms with Crippen molar-refractivity contribution in [2.45, 2.75) is 30.3 Å². The quantitative estimate of drug-likeness (QED) is 0.800. The fraction of sp³-hybridized carbons (Fsp3) is 0.417. The van der Waals surface area contributed by atoms with Crippen molar-refractivity contribution in [3.63, 3.8) is 0 Å². The zero-order valence-corrected chi connectivity index (χ0v) is 13.0. The number of thiophene rings is 1. The predicted molar refractivity (Wildman–Crippen MR) is 79.1 cm³/mol. The van der Waals surface area contributed by atoms with E-state index >= 15 is 0 Å². The normalized spacial score (nSPS) is 13.5. The number of aromatic nitrogens is 2. The first-order valence-corrected chi connectivity index (χ1v) is 8.59. The van der Waals surface area contributed by atoms with Gasteiger partial charge in [-0.2, -0.15) is 5.10 Å². The third-order valence-corrected chi connectivity index (χ3v) is 5.73. The average Bonchev–Trinajstić information content (AvgIpc) is 3.00. The summed E-state index contributed by atoms with van der Waals surface area (Å²) >= 11 is 1.23. The van der Waals surface area contributed by atoms with Gasteiger partial charge in [-0.1, -0.05) is 0 Å². The summed E-state index contributed by atoms with van der Waals surface area (Å²) in [6.45, 7) is 2.98. The van der Waals surface area contributed by atoms with Crippen molar-refractivity contribution in [2.75, 3.05) is 7.05 Å². The van der Waals surface area contributed by atoms with Crippen LogP contribution in [0.4, 0.5) is 0 Å². The molecule has 8 heteroatoms. The van der Waals surface area contributed by atoms with E-state index in [1.165, 1.54) is 11.3 Å². The minimum Gasteiger partial charge on any atom is -0.316 e. The van der Waals surface area contributed by atoms with Crippen molar-refractivity contribution < 1.29 is 8.42 Å². The van der Waals surface area contributed by atoms with Gasteiger partial charge in [0, 0.05) is 25.0 Å². The molecule has 2 heterocycles. The van der Waals surface area contributed by atoms with Crippen LogP contribution in [-0.4, -0.2) is 31.3 Å². The van der Waals surface area contributed by atoms with Crippen molar-refractivity contribution in [3.8, 4) is 0 Å². The lowest BCUT2D eigenvalue weighted by atomic mass is 10.3. The molecule has 0 aliphatic heterocycles. The highest BCUT2D eigenvalue weighted by atomic mass is 32.2. The zero-order valence-electron chi connectivity index (χ0n) is 11.4. The summed E-state index contributed by atoms with van der Waals surface area (Å²) in [5.41, 5.74) is 0.970. The second-order valence-electron chi connectivity index (χ2n) is 4.55. The molecule has 20 heavy (non-hydrogen) atoms. The molecule has 2 rings (SSSR count). The summed E-state index contributed by atoms with van der Waals surface area (Å²) in [5, 5.41) is 8.91. The van der Waals surface area contributed by atoms with Gasteiger partial charge in [-0.15, -0.1) is 11.3 Å². The van der Waals surface area contributed by atoms with E-state index < -0.39 is 10.0 Å². The Kier molecular flexibility index (Phi) is 4.92. The zero-order chi connectivity index (χ0) is 14.6. The Bertz CT molecular complexity index is 634. The largest absolute Gasteiger partial charge is 0.316 e. The highest BCUT2D eigenvalue weighted by molar-refractivity contribution is 7.91. The molecule has 0 amide bonds. The van der Waals surface area contributed by atoms with Gasteiger partial charge in [0.05, 0.1) is 6.54 Å². The van der Waals surface area contributed by atoms with Gasteiger partial charge in [-0.25, -0.2) is 13.1 Å². The SMILES string of the molecule is CNCc1csc(S(=O)(=O)NC(C)Cn2cccn2)c1. The van der Waals surface area contributed by atoms with Crippen molar-refractivity contribution in [1.82, 2.24) is 19.8 Å². The summed E-state index contributed by atoms with van der Waals surface area (Å²) < 4.78 is 29.2. The topological polar surface area (TPSA) is 76.0 Å². The Morgan fingerprint density at radius 3 is 2.95 bits per heavy atom. The molecule has 2 aromatic heterocycles. The molecule has 2 N–H and O–H groups in total. The fourth-order valence-corrected chi connectivity index (χ4v) is 4.30. The molecule has 6 nitrogen and oxygen atoms in total. The molecule has 0 aliphatic carbocycles. The van der Waals surface area contributed by atoms with Crippen molar-refractivity contribution in [3.05, 3.63) is 35.5 Å². The minimum atomic E-state index is -3.46. The highest BCUT2D eigenvalue weighted by Gasteiger charge is 2.19. The third-order valence-electron chi connectivity index (χ3n) is 2.65. The van der Waals surface area contributed by atoms with Crippen molar-refractivity contribution >= 4 is 21.4 Å². The Hall–Kier alpha value is -1.22. The number of rotatable bonds is 7. The molecule has 0 saturated carbocycles. The monoisotopic (exact) mass is 314 g/mol. The summed E-state index contributed by atoms with van der Waals surface area (Å²) in [4.78, 5) is 0. The molecule has 0 spiro atoms. The number of hydrogen-bond acceptors (Lipinski definition) is 5. The first-order chi connectivity index (χ1) is 9.51. The molecule has 110 valence electrons. The Balaban J connectivity index is 2.02. The van der Waals surface area contributed by atoms with Crippen LogP contribution in [0.15, 0.2) is 34.1 Å². The first kappa shape index (κ1) is 15.2. The Morgan fingerprint density at radius 2 is 2.30 bits per heavy atom. The maximum Gasteiger partial charge on any atom is 0.250 e. The molecule has 0 radical (unpaired) electrons. The van der Waals surface area contributed by atoms with Crippen LogP contribution in [0.3, 0.4) is 0 Å². The predicted octanol–water partition coefficient (Wildman–Crippen LogP) is 1.03. The number of hydrogen-bond donors (Lipinski definition) is 2. The average molecular weight is 314 g/mol. The molecule has 0 aliphatic rings. The van der Waals surface area contributed by atoms with Crippen LogP contribution in [0.5, 0.6) is 0 Å². The molecule has 0 aromatic carbocycles. The van der Waals surface area contributed by atoms with Gasteiger partial charge in [0.2, 0.25) is 10.0 Å². The van der Waals surface area contributed by atoms with Crippen LogP contribution in [0, 0.1) is 0 Å². The van der Waals surface area contributed by atoms with Gasteiger partial charge in [-0.3, -0.25) is 4.68 Å². The molecule has 2 aromatic rings. The lowest BCUT2D eigenvalue weighted by Gasteiger charge is -2.13. The maximum atomic E-state index is 12.2. The number of sulfonamides is 1. The third kappa shape index (κ3) is 3.89. The van der Waals surface area contributed by atoms with Gasteiger partial charge in [0.15, 0.2) is 0 Å². The van der Waals surface area contributed by atoms with Gasteiger partial charge in [0.25, 0.3) is 0 Å². The van der Waals surface area contributed by atoms with E-state index in [1.807, 2.05) is 25.4 Å². The summed E-state index contributed by atoms with van der Waals surface area (Å²) in [6, 6.07) is 3.28. The van der Waals surface area contributed by atoms with E-state index in [9.17, 15) is 8.42 Å². The van der Waals surface area contributed by atoms with E-state index in [1.54, 1.807) is 23.1 Å². The lowest BCUT2D eigenvalue weighted by Crippen LogP contribution is -2.35. The van der Waals surface area contributed by atoms with Crippen LogP contribution in [0.2, 0.25) is 0 Å². The summed E-state index contributed by atoms with van der Waals surface area (Å²) in [7, 11) is -1.63. The number of nitrogens with one attached hydrogen (secondary N) is 2. The molecular formula is C12H18N4O2S2. The van der Waals surface area contributed by atoms with Crippen LogP contribution < -0.4 is 10.0 Å². The standard InChI is InChI=1S/C12H18N4O2S2/c1-10(8-16-5-3-4-14-16)15-20(17,18)12-6-11(7-13-2)9-19-12/h3-6,9-10,13,15H,7-8H2,1-2H3. The highest BCUT2D eigenvalue weighted by Crippen LogP contribution is 2.20. The van der Waals surface area contributed by atoms with E-state index in [0.717, 1.165) is 5.56 Å². The van der Waals surface area contributed by atoms with Gasteiger partial charge in [-0.05, 0) is 37.0 Å². The summed E-state index contributed by atoms with van der Waals surface area (Å²) in [5.74, 6) is 0. The Morgan fingerprint density at radius 1 is 1.50 bits per heavy atom. The smallest absolute Gasteiger partial charge is 0.250 e. The minimum absolute atomic E-state index is 0.227. The molecule has 0 saturated heterocycles. The lowest BCUT2D eigenvalue weighted by molar-refractivity contribution is 0.494. The van der Waals surface area contributed by atoms with Crippen molar-refractivity contribution in [2.24, 2.45) is 0 Å². The Labute approximate surface area is 122 Å². The molecule has 1 atom stereocenters. The molecule has 0 bridgehead atoms. The van der Waals surface area contributed by atoms with Gasteiger partial charge >= 0.3 is 0 Å². The number of nitrogens with zero attached hydrogens (tertiary/aromatic N) is 2. The van der Waals surface area contributed by atoms with Gasteiger partial charge in [0.1, 0.15) is 4.21 Å². The fourth-order valence-electron chi connectivity index (χ4n) is 1.84. The van der Waals surface area contributed by atoms with E-state index in [0.29, 0.717) is 17.3 Å². The van der Waals surface area contributed by atoms with Crippen LogP contribution in [-0.2, 0) is 23.1 Å². The van der Waals surface area contributed by atoms with Crippen LogP contribution in [0.25, 0.3) is 0 Å². The van der Waals surface area contributed by atoms with Crippen LogP contribution in [0.1, 0.15) is 12.5 Å². The molecule has 1 unspecified atom stereocenters. The second-order valence-corrected chi connectivity index (χ2v) is 7.41. The molecular weight excluding hydrogens is 296 g/mol. The van der Waals surface area contributed by atoms with Crippen LogP contribution >= 0.6 is 11.3 Å². The van der Waals surface area contributed by atoms with Gasteiger partial charge < -0.3 is 5.32 Å². The van der Waals surface area contributed by atoms with Crippen molar-refractivity contribution in [1.29, 1.82) is 0 Å². The van der Waals surface area contributed by atoms with E-state index in [-0.39, 0.29) is 6.04 Å². The first-order valence-electron chi connectivity index (χ1n) is 6.23.